The summed E-state index contributed by atoms with van der Waals surface area (Å²) in [4.78, 5) is 0. The number of hydrogen-bond donors (Lipinski definition) is 0. The van der Waals surface area contributed by atoms with E-state index in [2.05, 4.69) is 53.8 Å². The summed E-state index contributed by atoms with van der Waals surface area (Å²) >= 11 is 0. The zero-order chi connectivity index (χ0) is 11.8. The third-order valence-electron chi connectivity index (χ3n) is 2.81. The first kappa shape index (κ1) is 16.1. The average molecular weight is 229 g/mol. The maximum atomic E-state index is 5.87. The van der Waals surface area contributed by atoms with Gasteiger partial charge in [0.25, 0.3) is 9.04 Å². The molecule has 1 atom stereocenters. The molecular weight excluding hydrogens is 207 g/mol. The van der Waals surface area contributed by atoms with Crippen molar-refractivity contribution in [2.75, 3.05) is 0 Å². The van der Waals surface area contributed by atoms with Gasteiger partial charge >= 0.3 is 18.9 Å². The third-order valence-corrected chi connectivity index (χ3v) is 3.43. The Hall–Kier alpha value is 0.0943. The van der Waals surface area contributed by atoms with Crippen molar-refractivity contribution in [1.82, 2.24) is 0 Å². The SMILES string of the molecule is CC1=C(C)C(C(C)(C)C)[C-]=C1O[Si](C)C.[Li+]. The summed E-state index contributed by atoms with van der Waals surface area (Å²) in [5.74, 6) is 1.42. The molecular formula is C13H22LiOSi. The Labute approximate surface area is 114 Å². The molecule has 0 saturated carbocycles. The molecule has 1 unspecified atom stereocenters. The van der Waals surface area contributed by atoms with Gasteiger partial charge in [0.1, 0.15) is 0 Å². The maximum Gasteiger partial charge on any atom is 1.00 e. The number of rotatable bonds is 2. The van der Waals surface area contributed by atoms with E-state index < -0.39 is 9.04 Å². The van der Waals surface area contributed by atoms with Crippen molar-refractivity contribution in [2.24, 2.45) is 11.3 Å². The molecule has 0 saturated heterocycles. The van der Waals surface area contributed by atoms with E-state index in [0.29, 0.717) is 5.92 Å². The Kier molecular flexibility index (Phi) is 5.66. The fraction of sp³-hybridized carbons (Fsp3) is 0.692. The van der Waals surface area contributed by atoms with Crippen molar-refractivity contribution in [3.8, 4) is 0 Å². The normalized spacial score (nSPS) is 21.0. The first-order valence-electron chi connectivity index (χ1n) is 5.52. The van der Waals surface area contributed by atoms with Crippen LogP contribution in [0.15, 0.2) is 16.9 Å². The smallest absolute Gasteiger partial charge is 0.575 e. The first-order valence-corrected chi connectivity index (χ1v) is 7.93. The minimum atomic E-state index is -0.675. The molecule has 1 rings (SSSR count). The third kappa shape index (κ3) is 3.55. The predicted molar refractivity (Wildman–Crippen MR) is 66.6 cm³/mol. The Morgan fingerprint density at radius 2 is 1.69 bits per heavy atom. The second-order valence-electron chi connectivity index (χ2n) is 5.59. The van der Waals surface area contributed by atoms with Crippen LogP contribution in [-0.4, -0.2) is 9.04 Å². The van der Waals surface area contributed by atoms with Crippen molar-refractivity contribution in [1.29, 1.82) is 0 Å². The van der Waals surface area contributed by atoms with Crippen LogP contribution in [-0.2, 0) is 4.43 Å². The second kappa shape index (κ2) is 5.62. The molecule has 0 fully saturated rings. The summed E-state index contributed by atoms with van der Waals surface area (Å²) in [6, 6.07) is 0. The van der Waals surface area contributed by atoms with E-state index in [1.807, 2.05) is 0 Å². The van der Waals surface area contributed by atoms with Crippen molar-refractivity contribution < 1.29 is 23.3 Å². The Balaban J connectivity index is 0.00000225. The van der Waals surface area contributed by atoms with Crippen LogP contribution >= 0.6 is 0 Å². The van der Waals surface area contributed by atoms with Gasteiger partial charge < -0.3 is 4.43 Å². The molecule has 0 aromatic heterocycles. The van der Waals surface area contributed by atoms with Crippen molar-refractivity contribution in [3.63, 3.8) is 0 Å². The van der Waals surface area contributed by atoms with Gasteiger partial charge in [0, 0.05) is 0 Å². The van der Waals surface area contributed by atoms with Crippen LogP contribution in [0.3, 0.4) is 0 Å². The van der Waals surface area contributed by atoms with Crippen molar-refractivity contribution in [2.45, 2.75) is 47.7 Å². The zero-order valence-electron chi connectivity index (χ0n) is 12.0. The Morgan fingerprint density at radius 3 is 2.00 bits per heavy atom. The quantitative estimate of drug-likeness (QED) is 0.506. The van der Waals surface area contributed by atoms with Crippen molar-refractivity contribution >= 4 is 9.04 Å². The van der Waals surface area contributed by atoms with E-state index in [1.165, 1.54) is 11.1 Å². The molecule has 1 nitrogen and oxygen atoms in total. The summed E-state index contributed by atoms with van der Waals surface area (Å²) < 4.78 is 5.87. The van der Waals surface area contributed by atoms with E-state index >= 15 is 0 Å². The predicted octanol–water partition coefficient (Wildman–Crippen LogP) is 0.957. The zero-order valence-corrected chi connectivity index (χ0v) is 13.0. The van der Waals surface area contributed by atoms with Gasteiger partial charge in [-0.05, 0) is 18.5 Å². The molecule has 3 heteroatoms. The minimum absolute atomic E-state index is 0. The number of hydrogen-bond acceptors (Lipinski definition) is 1. The molecule has 0 aromatic carbocycles. The molecule has 1 aliphatic carbocycles. The van der Waals surface area contributed by atoms with Gasteiger partial charge in [0.2, 0.25) is 0 Å². The molecule has 0 heterocycles. The summed E-state index contributed by atoms with van der Waals surface area (Å²) in [6.07, 6.45) is 3.51. The van der Waals surface area contributed by atoms with E-state index in [0.717, 1.165) is 5.76 Å². The molecule has 0 spiro atoms. The van der Waals surface area contributed by atoms with Gasteiger partial charge in [0.15, 0.2) is 0 Å². The minimum Gasteiger partial charge on any atom is -0.575 e. The van der Waals surface area contributed by atoms with E-state index in [4.69, 9.17) is 4.43 Å². The maximum absolute atomic E-state index is 5.87. The second-order valence-corrected chi connectivity index (χ2v) is 7.61. The van der Waals surface area contributed by atoms with Crippen LogP contribution in [0.1, 0.15) is 34.6 Å². The van der Waals surface area contributed by atoms with Crippen LogP contribution < -0.4 is 18.9 Å². The summed E-state index contributed by atoms with van der Waals surface area (Å²) in [5.41, 5.74) is 2.95. The largest absolute Gasteiger partial charge is 1.00 e. The van der Waals surface area contributed by atoms with E-state index in [1.54, 1.807) is 0 Å². The van der Waals surface area contributed by atoms with Gasteiger partial charge in [0.05, 0.1) is 0 Å². The van der Waals surface area contributed by atoms with Crippen LogP contribution in [0.2, 0.25) is 13.1 Å². The van der Waals surface area contributed by atoms with Gasteiger partial charge in [-0.15, -0.1) is 6.92 Å². The fourth-order valence-corrected chi connectivity index (χ4v) is 2.54. The van der Waals surface area contributed by atoms with Crippen LogP contribution in [0, 0.1) is 17.4 Å². The molecule has 0 amide bonds. The van der Waals surface area contributed by atoms with Crippen LogP contribution in [0.25, 0.3) is 0 Å². The molecule has 1 aliphatic rings. The molecule has 0 N–H and O–H groups in total. The van der Waals surface area contributed by atoms with E-state index in [9.17, 15) is 0 Å². The Morgan fingerprint density at radius 1 is 1.19 bits per heavy atom. The number of allylic oxidation sites excluding steroid dienone is 3. The summed E-state index contributed by atoms with van der Waals surface area (Å²) in [6.45, 7) is 15.4. The molecule has 1 radical (unpaired) electrons. The first-order chi connectivity index (χ1) is 6.73. The fourth-order valence-electron chi connectivity index (χ4n) is 1.92. The van der Waals surface area contributed by atoms with E-state index in [-0.39, 0.29) is 24.3 Å². The topological polar surface area (TPSA) is 9.23 Å². The average Bonchev–Trinajstić information content (AvgIpc) is 2.30. The van der Waals surface area contributed by atoms with Gasteiger partial charge in [-0.25, -0.2) is 6.08 Å². The van der Waals surface area contributed by atoms with Crippen molar-refractivity contribution in [3.05, 3.63) is 23.0 Å². The van der Waals surface area contributed by atoms with Gasteiger partial charge in [-0.3, -0.25) is 0 Å². The summed E-state index contributed by atoms with van der Waals surface area (Å²) in [7, 11) is -0.675. The molecule has 85 valence electrons. The Bertz CT molecular complexity index is 310. The van der Waals surface area contributed by atoms with Crippen LogP contribution in [0.4, 0.5) is 0 Å². The van der Waals surface area contributed by atoms with Gasteiger partial charge in [-0.2, -0.15) is 11.1 Å². The van der Waals surface area contributed by atoms with Gasteiger partial charge in [-0.1, -0.05) is 39.4 Å². The molecule has 0 bridgehead atoms. The molecule has 0 aliphatic heterocycles. The van der Waals surface area contributed by atoms with Crippen LogP contribution in [0.5, 0.6) is 0 Å². The molecule has 0 aromatic rings. The molecule has 16 heavy (non-hydrogen) atoms. The standard InChI is InChI=1S/C13H22OSi.Li/c1-9-10(2)12(14-15(6)7)8-11(9)13(3,4)5;/h11H,1-7H3;/q-1;+1. The summed E-state index contributed by atoms with van der Waals surface area (Å²) in [5, 5.41) is 0. The monoisotopic (exact) mass is 229 g/mol.